The molecular formula is C12H15FN2O3. The summed E-state index contributed by atoms with van der Waals surface area (Å²) in [5, 5.41) is 11.4. The van der Waals surface area contributed by atoms with Gasteiger partial charge in [0.25, 0.3) is 5.91 Å². The predicted molar refractivity (Wildman–Crippen MR) is 63.4 cm³/mol. The zero-order valence-corrected chi connectivity index (χ0v) is 10.2. The van der Waals surface area contributed by atoms with Crippen LogP contribution in [0.4, 0.5) is 4.39 Å². The van der Waals surface area contributed by atoms with Gasteiger partial charge in [0, 0.05) is 12.6 Å². The number of carbonyl (C=O) groups is 2. The first-order chi connectivity index (χ1) is 8.24. The van der Waals surface area contributed by atoms with E-state index < -0.39 is 23.0 Å². The van der Waals surface area contributed by atoms with Crippen molar-refractivity contribution >= 4 is 11.8 Å². The summed E-state index contributed by atoms with van der Waals surface area (Å²) in [4.78, 5) is 22.7. The number of halogens is 1. The summed E-state index contributed by atoms with van der Waals surface area (Å²) >= 11 is 0. The van der Waals surface area contributed by atoms with Crippen LogP contribution in [0, 0.1) is 11.2 Å². The molecule has 0 saturated carbocycles. The van der Waals surface area contributed by atoms with E-state index in [1.54, 1.807) is 13.8 Å². The summed E-state index contributed by atoms with van der Waals surface area (Å²) in [6, 6.07) is 3.21. The topological polar surface area (TPSA) is 92.4 Å². The molecule has 0 saturated heterocycles. The van der Waals surface area contributed by atoms with Gasteiger partial charge in [0.1, 0.15) is 11.6 Å². The van der Waals surface area contributed by atoms with Gasteiger partial charge in [0.2, 0.25) is 5.91 Å². The van der Waals surface area contributed by atoms with E-state index in [1.165, 1.54) is 6.07 Å². The molecule has 98 valence electrons. The highest BCUT2D eigenvalue weighted by atomic mass is 19.1. The fraction of sp³-hybridized carbons (Fsp3) is 0.333. The Bertz CT molecular complexity index is 486. The molecule has 0 heterocycles. The van der Waals surface area contributed by atoms with Crippen LogP contribution >= 0.6 is 0 Å². The summed E-state index contributed by atoms with van der Waals surface area (Å²) in [7, 11) is 0. The van der Waals surface area contributed by atoms with E-state index in [-0.39, 0.29) is 17.9 Å². The van der Waals surface area contributed by atoms with Crippen LogP contribution in [0.5, 0.6) is 5.75 Å². The molecule has 18 heavy (non-hydrogen) atoms. The van der Waals surface area contributed by atoms with Crippen LogP contribution < -0.4 is 11.1 Å². The molecule has 0 spiro atoms. The molecule has 6 heteroatoms. The average molecular weight is 254 g/mol. The van der Waals surface area contributed by atoms with Gasteiger partial charge in [0.15, 0.2) is 0 Å². The molecule has 0 radical (unpaired) electrons. The average Bonchev–Trinajstić information content (AvgIpc) is 2.25. The highest BCUT2D eigenvalue weighted by molar-refractivity contribution is 5.95. The number of rotatable bonds is 4. The van der Waals surface area contributed by atoms with Gasteiger partial charge < -0.3 is 16.2 Å². The minimum Gasteiger partial charge on any atom is -0.508 e. The second kappa shape index (κ2) is 5.03. The van der Waals surface area contributed by atoms with Crippen molar-refractivity contribution in [3.8, 4) is 5.75 Å². The maximum absolute atomic E-state index is 13.4. The molecule has 1 aromatic rings. The quantitative estimate of drug-likeness (QED) is 0.741. The lowest BCUT2D eigenvalue weighted by molar-refractivity contribution is -0.125. The Morgan fingerprint density at radius 2 is 2.06 bits per heavy atom. The molecular weight excluding hydrogens is 239 g/mol. The number of phenols is 1. The first-order valence-electron chi connectivity index (χ1n) is 5.30. The Hall–Kier alpha value is -2.11. The molecule has 0 aliphatic carbocycles. The lowest BCUT2D eigenvalue weighted by Crippen LogP contribution is -2.42. The smallest absolute Gasteiger partial charge is 0.254 e. The molecule has 4 N–H and O–H groups in total. The largest absolute Gasteiger partial charge is 0.508 e. The summed E-state index contributed by atoms with van der Waals surface area (Å²) in [5.74, 6) is -2.32. The van der Waals surface area contributed by atoms with E-state index in [2.05, 4.69) is 5.32 Å². The first kappa shape index (κ1) is 14.0. The van der Waals surface area contributed by atoms with E-state index in [0.717, 1.165) is 12.1 Å². The van der Waals surface area contributed by atoms with Crippen LogP contribution in [-0.2, 0) is 4.79 Å². The van der Waals surface area contributed by atoms with E-state index in [4.69, 9.17) is 10.8 Å². The fourth-order valence-electron chi connectivity index (χ4n) is 1.17. The van der Waals surface area contributed by atoms with Gasteiger partial charge in [0.05, 0.1) is 11.0 Å². The summed E-state index contributed by atoms with van der Waals surface area (Å²) < 4.78 is 13.4. The minimum absolute atomic E-state index is 0.00147. The molecule has 1 aromatic carbocycles. The highest BCUT2D eigenvalue weighted by Crippen LogP contribution is 2.16. The third-order valence-electron chi connectivity index (χ3n) is 2.56. The van der Waals surface area contributed by atoms with Crippen molar-refractivity contribution < 1.29 is 19.1 Å². The molecule has 0 bridgehead atoms. The maximum Gasteiger partial charge on any atom is 0.254 e. The summed E-state index contributed by atoms with van der Waals surface area (Å²) in [6.45, 7) is 3.15. The summed E-state index contributed by atoms with van der Waals surface area (Å²) in [5.41, 5.74) is 4.03. The number of benzene rings is 1. The van der Waals surface area contributed by atoms with Gasteiger partial charge in [-0.25, -0.2) is 4.39 Å². The Balaban J connectivity index is 2.75. The number of nitrogens with two attached hydrogens (primary N) is 1. The lowest BCUT2D eigenvalue weighted by atomic mass is 9.92. The normalized spacial score (nSPS) is 11.1. The van der Waals surface area contributed by atoms with Crippen molar-refractivity contribution in [2.75, 3.05) is 6.54 Å². The zero-order chi connectivity index (χ0) is 13.9. The number of aromatic hydroxyl groups is 1. The number of amides is 2. The van der Waals surface area contributed by atoms with Crippen LogP contribution in [0.3, 0.4) is 0 Å². The van der Waals surface area contributed by atoms with Crippen molar-refractivity contribution in [1.82, 2.24) is 5.32 Å². The molecule has 0 atom stereocenters. The molecule has 0 aliphatic heterocycles. The number of nitrogens with one attached hydrogen (secondary N) is 1. The Morgan fingerprint density at radius 3 is 2.56 bits per heavy atom. The fourth-order valence-corrected chi connectivity index (χ4v) is 1.17. The minimum atomic E-state index is -0.914. The standard InChI is InChI=1S/C12H15FN2O3/c1-12(2,11(14)18)6-15-10(17)8-4-3-7(16)5-9(8)13/h3-5,16H,6H2,1-2H3,(H2,14,18)(H,15,17). The SMILES string of the molecule is CC(C)(CNC(=O)c1ccc(O)cc1F)C(N)=O. The monoisotopic (exact) mass is 254 g/mol. The second-order valence-electron chi connectivity index (χ2n) is 4.59. The van der Waals surface area contributed by atoms with Crippen LogP contribution in [0.2, 0.25) is 0 Å². The third kappa shape index (κ3) is 3.19. The maximum atomic E-state index is 13.4. The Labute approximate surface area is 104 Å². The number of primary amides is 1. The Kier molecular flexibility index (Phi) is 3.90. The van der Waals surface area contributed by atoms with Gasteiger partial charge in [-0.2, -0.15) is 0 Å². The van der Waals surface area contributed by atoms with Gasteiger partial charge in [-0.05, 0) is 26.0 Å². The number of hydrogen-bond donors (Lipinski definition) is 3. The highest BCUT2D eigenvalue weighted by Gasteiger charge is 2.26. The van der Waals surface area contributed by atoms with Crippen molar-refractivity contribution in [3.05, 3.63) is 29.6 Å². The second-order valence-corrected chi connectivity index (χ2v) is 4.59. The third-order valence-corrected chi connectivity index (χ3v) is 2.56. The van der Waals surface area contributed by atoms with E-state index in [1.807, 2.05) is 0 Å². The molecule has 5 nitrogen and oxygen atoms in total. The van der Waals surface area contributed by atoms with Gasteiger partial charge in [-0.3, -0.25) is 9.59 Å². The number of carbonyl (C=O) groups excluding carboxylic acids is 2. The van der Waals surface area contributed by atoms with Gasteiger partial charge >= 0.3 is 0 Å². The molecule has 1 rings (SSSR count). The zero-order valence-electron chi connectivity index (χ0n) is 10.2. The molecule has 0 aromatic heterocycles. The van der Waals surface area contributed by atoms with Crippen molar-refractivity contribution in [2.24, 2.45) is 11.1 Å². The molecule has 0 fully saturated rings. The van der Waals surface area contributed by atoms with Crippen LogP contribution in [0.15, 0.2) is 18.2 Å². The number of phenolic OH excluding ortho intramolecular Hbond substituents is 1. The van der Waals surface area contributed by atoms with Crippen LogP contribution in [0.25, 0.3) is 0 Å². The molecule has 0 unspecified atom stereocenters. The van der Waals surface area contributed by atoms with Crippen molar-refractivity contribution in [2.45, 2.75) is 13.8 Å². The van der Waals surface area contributed by atoms with Crippen molar-refractivity contribution in [3.63, 3.8) is 0 Å². The molecule has 0 aliphatic rings. The van der Waals surface area contributed by atoms with Crippen LogP contribution in [-0.4, -0.2) is 23.5 Å². The van der Waals surface area contributed by atoms with E-state index >= 15 is 0 Å². The van der Waals surface area contributed by atoms with Crippen LogP contribution in [0.1, 0.15) is 24.2 Å². The van der Waals surface area contributed by atoms with Gasteiger partial charge in [-0.1, -0.05) is 0 Å². The molecule has 2 amide bonds. The lowest BCUT2D eigenvalue weighted by Gasteiger charge is -2.20. The first-order valence-corrected chi connectivity index (χ1v) is 5.30. The van der Waals surface area contributed by atoms with E-state index in [0.29, 0.717) is 0 Å². The number of hydrogen-bond acceptors (Lipinski definition) is 3. The van der Waals surface area contributed by atoms with Gasteiger partial charge in [-0.15, -0.1) is 0 Å². The van der Waals surface area contributed by atoms with Crippen molar-refractivity contribution in [1.29, 1.82) is 0 Å². The Morgan fingerprint density at radius 1 is 1.44 bits per heavy atom. The summed E-state index contributed by atoms with van der Waals surface area (Å²) in [6.07, 6.45) is 0. The van der Waals surface area contributed by atoms with E-state index in [9.17, 15) is 14.0 Å². The predicted octanol–water partition coefficient (Wildman–Crippen LogP) is 0.773.